The highest BCUT2D eigenvalue weighted by molar-refractivity contribution is 6.09. The molecule has 2 amide bonds. The molecule has 1 heterocycles. The summed E-state index contributed by atoms with van der Waals surface area (Å²) in [4.78, 5) is 29.0. The summed E-state index contributed by atoms with van der Waals surface area (Å²) in [6.45, 7) is 8.41. The summed E-state index contributed by atoms with van der Waals surface area (Å²) in [6, 6.07) is 48.9. The highest BCUT2D eigenvalue weighted by Crippen LogP contribution is 2.40. The van der Waals surface area contributed by atoms with Crippen molar-refractivity contribution in [1.82, 2.24) is 9.78 Å². The lowest BCUT2D eigenvalue weighted by Gasteiger charge is -2.37. The number of benzene rings is 5. The molecule has 0 atom stereocenters. The Morgan fingerprint density at radius 3 is 1.84 bits per heavy atom. The van der Waals surface area contributed by atoms with Crippen molar-refractivity contribution >= 4 is 34.8 Å². The van der Waals surface area contributed by atoms with E-state index in [1.54, 1.807) is 11.1 Å². The summed E-state index contributed by atoms with van der Waals surface area (Å²) in [5.74, 6) is 0.703. The van der Waals surface area contributed by atoms with E-state index in [4.69, 9.17) is 4.74 Å². The number of nitrogens with zero attached hydrogens (tertiary/aromatic N) is 3. The second kappa shape index (κ2) is 17.2. The maximum Gasteiger partial charge on any atom is 0.414 e. The molecular weight excluding hydrogens is 707 g/mol. The van der Waals surface area contributed by atoms with E-state index in [0.29, 0.717) is 17.9 Å². The number of aromatic nitrogens is 2. The molecule has 0 bridgehead atoms. The lowest BCUT2D eigenvalue weighted by Crippen LogP contribution is -2.46. The fraction of sp³-hybridized carbons (Fsp3) is 0.245. The van der Waals surface area contributed by atoms with Crippen LogP contribution >= 0.6 is 0 Å². The Morgan fingerprint density at radius 2 is 1.28 bits per heavy atom. The summed E-state index contributed by atoms with van der Waals surface area (Å²) in [5, 5.41) is 11.6. The summed E-state index contributed by atoms with van der Waals surface area (Å²) < 4.78 is 7.79. The standard InChI is InChI=1S/C49H51N5O3/c1-36-24-26-37(27-25-36)43-22-14-15-23-44(43)46(55)51-41-28-30-42(31-29-41)54(48(2,3)4)47(56)57-35-34-53-45(32-33-50-53)52-49(38-16-8-5-9-17-38,39-18-10-6-11-19-39)40-20-12-7-13-21-40/h5-13,16-21,24-33,52H,14-15,22-23,34-35H2,1-4H3,(H,51,55). The number of amides is 2. The van der Waals surface area contributed by atoms with Crippen molar-refractivity contribution in [2.45, 2.75) is 71.0 Å². The normalized spacial score (nSPS) is 13.2. The van der Waals surface area contributed by atoms with E-state index >= 15 is 0 Å². The van der Waals surface area contributed by atoms with Crippen LogP contribution in [-0.4, -0.2) is 33.9 Å². The number of anilines is 3. The van der Waals surface area contributed by atoms with E-state index in [1.165, 1.54) is 5.56 Å². The van der Waals surface area contributed by atoms with Gasteiger partial charge in [-0.1, -0.05) is 121 Å². The van der Waals surface area contributed by atoms with Crippen LogP contribution in [0, 0.1) is 6.92 Å². The summed E-state index contributed by atoms with van der Waals surface area (Å²) >= 11 is 0. The van der Waals surface area contributed by atoms with Gasteiger partial charge >= 0.3 is 6.09 Å². The number of carbonyl (C=O) groups is 2. The zero-order valence-electron chi connectivity index (χ0n) is 33.2. The van der Waals surface area contributed by atoms with Crippen LogP contribution in [0.3, 0.4) is 0 Å². The minimum absolute atomic E-state index is 0.0776. The summed E-state index contributed by atoms with van der Waals surface area (Å²) in [7, 11) is 0. The van der Waals surface area contributed by atoms with Gasteiger partial charge in [0.2, 0.25) is 0 Å². The van der Waals surface area contributed by atoms with Gasteiger partial charge in [0.15, 0.2) is 0 Å². The first-order valence-corrected chi connectivity index (χ1v) is 19.8. The minimum Gasteiger partial charge on any atom is -0.447 e. The van der Waals surface area contributed by atoms with E-state index in [9.17, 15) is 9.59 Å². The van der Waals surface area contributed by atoms with Gasteiger partial charge in [0, 0.05) is 28.6 Å². The molecule has 290 valence electrons. The summed E-state index contributed by atoms with van der Waals surface area (Å²) in [6.07, 6.45) is 5.00. The van der Waals surface area contributed by atoms with Crippen molar-refractivity contribution in [3.8, 4) is 0 Å². The zero-order chi connectivity index (χ0) is 39.8. The third-order valence-corrected chi connectivity index (χ3v) is 10.6. The second-order valence-corrected chi connectivity index (χ2v) is 15.6. The molecule has 57 heavy (non-hydrogen) atoms. The molecule has 0 radical (unpaired) electrons. The number of carbonyl (C=O) groups excluding carboxylic acids is 2. The van der Waals surface area contributed by atoms with Crippen LogP contribution in [0.25, 0.3) is 5.57 Å². The van der Waals surface area contributed by atoms with Crippen LogP contribution in [0.15, 0.2) is 157 Å². The molecule has 2 N–H and O–H groups in total. The van der Waals surface area contributed by atoms with E-state index in [1.807, 2.05) is 74.0 Å². The monoisotopic (exact) mass is 757 g/mol. The van der Waals surface area contributed by atoms with Crippen molar-refractivity contribution in [2.24, 2.45) is 0 Å². The number of rotatable bonds is 12. The first-order valence-electron chi connectivity index (χ1n) is 19.8. The van der Waals surface area contributed by atoms with Crippen LogP contribution in [0.4, 0.5) is 22.0 Å². The second-order valence-electron chi connectivity index (χ2n) is 15.6. The lowest BCUT2D eigenvalue weighted by atomic mass is 9.77. The average molecular weight is 758 g/mol. The topological polar surface area (TPSA) is 88.5 Å². The van der Waals surface area contributed by atoms with E-state index in [-0.39, 0.29) is 12.5 Å². The Kier molecular flexibility index (Phi) is 11.7. The van der Waals surface area contributed by atoms with Gasteiger partial charge in [-0.2, -0.15) is 5.10 Å². The largest absolute Gasteiger partial charge is 0.447 e. The first-order chi connectivity index (χ1) is 27.6. The van der Waals surface area contributed by atoms with Gasteiger partial charge in [-0.05, 0) is 105 Å². The molecule has 8 nitrogen and oxygen atoms in total. The molecule has 1 aromatic heterocycles. The number of hydrogen-bond acceptors (Lipinski definition) is 5. The number of aryl methyl sites for hydroxylation is 1. The van der Waals surface area contributed by atoms with Gasteiger partial charge in [0.05, 0.1) is 12.7 Å². The van der Waals surface area contributed by atoms with Gasteiger partial charge in [0.25, 0.3) is 5.91 Å². The van der Waals surface area contributed by atoms with E-state index < -0.39 is 17.2 Å². The molecule has 0 unspecified atom stereocenters. The Bertz CT molecular complexity index is 2200. The fourth-order valence-corrected chi connectivity index (χ4v) is 7.77. The van der Waals surface area contributed by atoms with Gasteiger partial charge in [-0.3, -0.25) is 9.69 Å². The van der Waals surface area contributed by atoms with Gasteiger partial charge < -0.3 is 15.4 Å². The zero-order valence-corrected chi connectivity index (χ0v) is 33.2. The molecule has 0 saturated heterocycles. The number of hydrogen-bond donors (Lipinski definition) is 2. The Morgan fingerprint density at radius 1 is 0.719 bits per heavy atom. The number of allylic oxidation sites excluding steroid dienone is 1. The molecule has 1 aliphatic carbocycles. The van der Waals surface area contributed by atoms with Crippen molar-refractivity contribution < 1.29 is 14.3 Å². The lowest BCUT2D eigenvalue weighted by molar-refractivity contribution is -0.113. The molecule has 7 rings (SSSR count). The average Bonchev–Trinajstić information content (AvgIpc) is 3.67. The first kappa shape index (κ1) is 38.8. The Labute approximate surface area is 336 Å². The molecule has 6 aromatic rings. The molecule has 0 spiro atoms. The maximum absolute atomic E-state index is 13.8. The van der Waals surface area contributed by atoms with Crippen molar-refractivity contribution in [1.29, 1.82) is 0 Å². The van der Waals surface area contributed by atoms with Crippen LogP contribution in [0.1, 0.15) is 74.3 Å². The molecule has 5 aromatic carbocycles. The Balaban J connectivity index is 1.06. The quantitative estimate of drug-likeness (QED) is 0.121. The number of nitrogens with one attached hydrogen (secondary N) is 2. The van der Waals surface area contributed by atoms with Gasteiger partial charge in [-0.25, -0.2) is 9.48 Å². The van der Waals surface area contributed by atoms with Gasteiger partial charge in [-0.15, -0.1) is 0 Å². The predicted octanol–water partition coefficient (Wildman–Crippen LogP) is 11.0. The molecule has 1 aliphatic rings. The predicted molar refractivity (Wildman–Crippen MR) is 230 cm³/mol. The number of ether oxygens (including phenoxy) is 1. The maximum atomic E-state index is 13.8. The smallest absolute Gasteiger partial charge is 0.414 e. The van der Waals surface area contributed by atoms with E-state index in [0.717, 1.165) is 64.9 Å². The minimum atomic E-state index is -0.733. The highest BCUT2D eigenvalue weighted by Gasteiger charge is 2.37. The SMILES string of the molecule is Cc1ccc(C2=C(C(=O)Nc3ccc(N(C(=O)OCCn4nccc4NC(c4ccccc4)(c4ccccc4)c4ccccc4)C(C)(C)C)cc3)CCCC2)cc1. The van der Waals surface area contributed by atoms with Crippen LogP contribution in [0.5, 0.6) is 0 Å². The van der Waals surface area contributed by atoms with E-state index in [2.05, 4.69) is 120 Å². The van der Waals surface area contributed by atoms with Crippen LogP contribution in [-0.2, 0) is 21.6 Å². The van der Waals surface area contributed by atoms with Crippen molar-refractivity contribution in [3.05, 3.63) is 185 Å². The molecule has 0 fully saturated rings. The molecular formula is C49H51N5O3. The highest BCUT2D eigenvalue weighted by atomic mass is 16.6. The fourth-order valence-electron chi connectivity index (χ4n) is 7.77. The van der Waals surface area contributed by atoms with Gasteiger partial charge in [0.1, 0.15) is 18.0 Å². The molecule has 8 heteroatoms. The van der Waals surface area contributed by atoms with Crippen LogP contribution in [0.2, 0.25) is 0 Å². The van der Waals surface area contributed by atoms with Crippen molar-refractivity contribution in [3.63, 3.8) is 0 Å². The van der Waals surface area contributed by atoms with Crippen LogP contribution < -0.4 is 15.5 Å². The molecule has 0 aliphatic heterocycles. The third-order valence-electron chi connectivity index (χ3n) is 10.6. The third kappa shape index (κ3) is 8.70. The Hall–Kier alpha value is -6.41. The molecule has 0 saturated carbocycles. The summed E-state index contributed by atoms with van der Waals surface area (Å²) in [5.41, 5.74) is 7.52. The van der Waals surface area contributed by atoms with Crippen molar-refractivity contribution in [2.75, 3.05) is 22.1 Å².